The van der Waals surface area contributed by atoms with Gasteiger partial charge in [0.2, 0.25) is 0 Å². The van der Waals surface area contributed by atoms with Gasteiger partial charge >= 0.3 is 0 Å². The molecule has 0 aliphatic carbocycles. The van der Waals surface area contributed by atoms with Crippen LogP contribution in [0.25, 0.3) is 17.0 Å². The second-order valence-electron chi connectivity index (χ2n) is 4.02. The molecule has 0 spiro atoms. The zero-order chi connectivity index (χ0) is 12.7. The van der Waals surface area contributed by atoms with Gasteiger partial charge in [0.25, 0.3) is 0 Å². The van der Waals surface area contributed by atoms with Crippen molar-refractivity contribution in [2.75, 3.05) is 5.73 Å². The van der Waals surface area contributed by atoms with Gasteiger partial charge in [-0.15, -0.1) is 10.2 Å². The number of fused-ring (bicyclic) bond motifs is 1. The summed E-state index contributed by atoms with van der Waals surface area (Å²) in [7, 11) is 0. The average Bonchev–Trinajstić information content (AvgIpc) is 2.72. The van der Waals surface area contributed by atoms with E-state index in [1.54, 1.807) is 28.9 Å². The lowest BCUT2D eigenvalue weighted by Gasteiger charge is -2.02. The number of aromatic nitrogens is 4. The number of aryl methyl sites for hydroxylation is 1. The Labute approximate surface area is 102 Å². The summed E-state index contributed by atoms with van der Waals surface area (Å²) in [6.45, 7) is 1.86. The standard InChI is InChI=1S/C12H10FN5/c1-7-4-11-16-17-12(18(11)6-15-7)9-3-2-8(14)5-10(9)13/h2-6H,14H2,1H3. The van der Waals surface area contributed by atoms with Gasteiger partial charge in [-0.05, 0) is 25.1 Å². The minimum Gasteiger partial charge on any atom is -0.399 e. The van der Waals surface area contributed by atoms with Crippen LogP contribution in [0.4, 0.5) is 10.1 Å². The summed E-state index contributed by atoms with van der Waals surface area (Å²) in [5.74, 6) is -0.0140. The molecule has 0 saturated carbocycles. The van der Waals surface area contributed by atoms with Crippen LogP contribution in [0.2, 0.25) is 0 Å². The fourth-order valence-electron chi connectivity index (χ4n) is 1.78. The summed E-state index contributed by atoms with van der Waals surface area (Å²) in [5.41, 5.74) is 7.71. The minimum absolute atomic E-state index is 0.349. The molecule has 1 aromatic carbocycles. The largest absolute Gasteiger partial charge is 0.399 e. The number of rotatable bonds is 1. The lowest BCUT2D eigenvalue weighted by molar-refractivity contribution is 0.630. The second kappa shape index (κ2) is 3.76. The van der Waals surface area contributed by atoms with E-state index in [1.165, 1.54) is 6.07 Å². The Morgan fingerprint density at radius 3 is 2.83 bits per heavy atom. The van der Waals surface area contributed by atoms with Crippen molar-refractivity contribution in [3.05, 3.63) is 42.1 Å². The summed E-state index contributed by atoms with van der Waals surface area (Å²) >= 11 is 0. The van der Waals surface area contributed by atoms with Gasteiger partial charge in [-0.25, -0.2) is 9.37 Å². The summed E-state index contributed by atoms with van der Waals surface area (Å²) < 4.78 is 15.5. The Balaban J connectivity index is 2.25. The molecule has 18 heavy (non-hydrogen) atoms. The topological polar surface area (TPSA) is 69.1 Å². The second-order valence-corrected chi connectivity index (χ2v) is 4.02. The maximum Gasteiger partial charge on any atom is 0.172 e. The van der Waals surface area contributed by atoms with Crippen molar-refractivity contribution < 1.29 is 4.39 Å². The third-order valence-electron chi connectivity index (χ3n) is 2.67. The predicted octanol–water partition coefficient (Wildman–Crippen LogP) is 1.82. The Morgan fingerprint density at radius 1 is 1.22 bits per heavy atom. The molecule has 5 nitrogen and oxygen atoms in total. The quantitative estimate of drug-likeness (QED) is 0.662. The van der Waals surface area contributed by atoms with Gasteiger partial charge in [-0.2, -0.15) is 0 Å². The van der Waals surface area contributed by atoms with E-state index in [0.717, 1.165) is 5.69 Å². The van der Waals surface area contributed by atoms with Gasteiger partial charge < -0.3 is 5.73 Å². The highest BCUT2D eigenvalue weighted by Gasteiger charge is 2.12. The number of halogens is 1. The van der Waals surface area contributed by atoms with Crippen LogP contribution in [0.15, 0.2) is 30.6 Å². The Morgan fingerprint density at radius 2 is 2.06 bits per heavy atom. The fourth-order valence-corrected chi connectivity index (χ4v) is 1.78. The van der Waals surface area contributed by atoms with Crippen LogP contribution in [-0.2, 0) is 0 Å². The first-order valence-corrected chi connectivity index (χ1v) is 5.38. The van der Waals surface area contributed by atoms with Crippen LogP contribution in [0.3, 0.4) is 0 Å². The maximum atomic E-state index is 13.8. The third-order valence-corrected chi connectivity index (χ3v) is 2.67. The van der Waals surface area contributed by atoms with Gasteiger partial charge in [0.1, 0.15) is 12.1 Å². The van der Waals surface area contributed by atoms with Crippen LogP contribution in [0.5, 0.6) is 0 Å². The normalized spacial score (nSPS) is 11.0. The number of nitrogens with two attached hydrogens (primary N) is 1. The third kappa shape index (κ3) is 1.58. The SMILES string of the molecule is Cc1cc2nnc(-c3ccc(N)cc3F)n2cn1. The number of benzene rings is 1. The number of nitrogens with zero attached hydrogens (tertiary/aromatic N) is 4. The van der Waals surface area contributed by atoms with E-state index >= 15 is 0 Å². The van der Waals surface area contributed by atoms with Crippen LogP contribution < -0.4 is 5.73 Å². The highest BCUT2D eigenvalue weighted by Crippen LogP contribution is 2.23. The van der Waals surface area contributed by atoms with E-state index in [-0.39, 0.29) is 0 Å². The molecule has 90 valence electrons. The van der Waals surface area contributed by atoms with Crippen molar-refractivity contribution >= 4 is 11.3 Å². The Hall–Kier alpha value is -2.50. The van der Waals surface area contributed by atoms with Crippen LogP contribution in [0.1, 0.15) is 5.69 Å². The molecule has 0 atom stereocenters. The molecule has 6 heteroatoms. The van der Waals surface area contributed by atoms with E-state index in [0.29, 0.717) is 22.7 Å². The van der Waals surface area contributed by atoms with Gasteiger partial charge in [0.05, 0.1) is 5.56 Å². The molecule has 0 amide bonds. The molecule has 0 radical (unpaired) electrons. The highest BCUT2D eigenvalue weighted by molar-refractivity contribution is 5.62. The molecule has 3 aromatic rings. The predicted molar refractivity (Wildman–Crippen MR) is 65.3 cm³/mol. The van der Waals surface area contributed by atoms with Gasteiger partial charge in [0, 0.05) is 17.4 Å². The van der Waals surface area contributed by atoms with Crippen molar-refractivity contribution in [3.63, 3.8) is 0 Å². The molecule has 2 aromatic heterocycles. The first-order valence-electron chi connectivity index (χ1n) is 5.38. The van der Waals surface area contributed by atoms with Crippen molar-refractivity contribution in [2.24, 2.45) is 0 Å². The van der Waals surface area contributed by atoms with Crippen LogP contribution in [0, 0.1) is 12.7 Å². The van der Waals surface area contributed by atoms with Crippen molar-refractivity contribution in [1.29, 1.82) is 0 Å². The molecule has 0 unspecified atom stereocenters. The molecular formula is C12H10FN5. The van der Waals surface area contributed by atoms with Gasteiger partial charge in [-0.3, -0.25) is 4.40 Å². The summed E-state index contributed by atoms with van der Waals surface area (Å²) in [4.78, 5) is 4.15. The molecule has 0 bridgehead atoms. The minimum atomic E-state index is -0.426. The highest BCUT2D eigenvalue weighted by atomic mass is 19.1. The molecule has 0 saturated heterocycles. The molecule has 0 fully saturated rings. The van der Waals surface area contributed by atoms with Crippen molar-refractivity contribution in [3.8, 4) is 11.4 Å². The summed E-state index contributed by atoms with van der Waals surface area (Å²) in [6.07, 6.45) is 1.58. The van der Waals surface area contributed by atoms with Gasteiger partial charge in [-0.1, -0.05) is 0 Å². The zero-order valence-corrected chi connectivity index (χ0v) is 9.63. The number of anilines is 1. The monoisotopic (exact) mass is 243 g/mol. The Bertz CT molecular complexity index is 734. The first kappa shape index (κ1) is 10.6. The average molecular weight is 243 g/mol. The van der Waals surface area contributed by atoms with E-state index in [9.17, 15) is 4.39 Å². The molecule has 3 rings (SSSR count). The van der Waals surface area contributed by atoms with E-state index in [1.807, 2.05) is 6.92 Å². The Kier molecular flexibility index (Phi) is 2.22. The number of hydrogen-bond donors (Lipinski definition) is 1. The lowest BCUT2D eigenvalue weighted by atomic mass is 10.2. The number of nitrogen functional groups attached to an aromatic ring is 1. The van der Waals surface area contributed by atoms with E-state index in [2.05, 4.69) is 15.2 Å². The molecule has 2 heterocycles. The number of hydrogen-bond acceptors (Lipinski definition) is 4. The molecule has 2 N–H and O–H groups in total. The zero-order valence-electron chi connectivity index (χ0n) is 9.63. The summed E-state index contributed by atoms with van der Waals surface area (Å²) in [6, 6.07) is 6.26. The first-order chi connectivity index (χ1) is 8.65. The molecule has 0 aliphatic rings. The van der Waals surface area contributed by atoms with Crippen LogP contribution >= 0.6 is 0 Å². The molecule has 0 aliphatic heterocycles. The van der Waals surface area contributed by atoms with Crippen LogP contribution in [-0.4, -0.2) is 19.6 Å². The van der Waals surface area contributed by atoms with Crippen molar-refractivity contribution in [2.45, 2.75) is 6.92 Å². The van der Waals surface area contributed by atoms with Gasteiger partial charge in [0.15, 0.2) is 11.5 Å². The molecular weight excluding hydrogens is 233 g/mol. The maximum absolute atomic E-state index is 13.8. The smallest absolute Gasteiger partial charge is 0.172 e. The fraction of sp³-hybridized carbons (Fsp3) is 0.0833. The summed E-state index contributed by atoms with van der Waals surface area (Å²) in [5, 5.41) is 7.98. The van der Waals surface area contributed by atoms with Crippen molar-refractivity contribution in [1.82, 2.24) is 19.6 Å². The van der Waals surface area contributed by atoms with E-state index < -0.39 is 5.82 Å². The van der Waals surface area contributed by atoms with E-state index in [4.69, 9.17) is 5.73 Å². The lowest BCUT2D eigenvalue weighted by Crippen LogP contribution is -1.95.